The summed E-state index contributed by atoms with van der Waals surface area (Å²) in [5.74, 6) is -0.804. The zero-order valence-electron chi connectivity index (χ0n) is 14.7. The third kappa shape index (κ3) is 3.91. The van der Waals surface area contributed by atoms with E-state index in [0.717, 1.165) is 4.90 Å². The maximum atomic E-state index is 12.7. The topological polar surface area (TPSA) is 69.7 Å². The molecule has 3 rings (SSSR count). The third-order valence-electron chi connectivity index (χ3n) is 4.19. The van der Waals surface area contributed by atoms with Crippen molar-refractivity contribution >= 4 is 52.3 Å². The average molecular weight is 406 g/mol. The Hall–Kier alpha value is -2.57. The van der Waals surface area contributed by atoms with Gasteiger partial charge in [-0.05, 0) is 42.5 Å². The van der Waals surface area contributed by atoms with Crippen molar-refractivity contribution in [1.82, 2.24) is 4.90 Å². The molecule has 1 N–H and O–H groups in total. The molecule has 0 radical (unpaired) electrons. The van der Waals surface area contributed by atoms with Crippen LogP contribution in [0.15, 0.2) is 42.5 Å². The van der Waals surface area contributed by atoms with E-state index in [2.05, 4.69) is 5.32 Å². The van der Waals surface area contributed by atoms with Gasteiger partial charge < -0.3 is 10.2 Å². The molecule has 0 saturated carbocycles. The molecule has 8 heteroatoms. The summed E-state index contributed by atoms with van der Waals surface area (Å²) in [7, 11) is 3.35. The average Bonchev–Trinajstić information content (AvgIpc) is 2.91. The summed E-state index contributed by atoms with van der Waals surface area (Å²) in [6, 6.07) is 10.7. The quantitative estimate of drug-likeness (QED) is 0.790. The number of imide groups is 1. The summed E-state index contributed by atoms with van der Waals surface area (Å²) in [6.07, 6.45) is 0.0253. The van der Waals surface area contributed by atoms with Crippen molar-refractivity contribution in [1.29, 1.82) is 0 Å². The van der Waals surface area contributed by atoms with Gasteiger partial charge in [0.1, 0.15) is 6.04 Å². The Labute approximate surface area is 166 Å². The van der Waals surface area contributed by atoms with Crippen LogP contribution in [0, 0.1) is 0 Å². The molecular formula is C19H17Cl2N3O3. The minimum absolute atomic E-state index is 0.0253. The number of carbonyl (C=O) groups is 3. The molecule has 1 saturated heterocycles. The van der Waals surface area contributed by atoms with E-state index in [9.17, 15) is 14.4 Å². The number of halogens is 2. The number of anilines is 2. The van der Waals surface area contributed by atoms with Crippen LogP contribution in [0.25, 0.3) is 0 Å². The second-order valence-corrected chi connectivity index (χ2v) is 7.16. The van der Waals surface area contributed by atoms with Crippen LogP contribution in [0.2, 0.25) is 10.0 Å². The van der Waals surface area contributed by atoms with Gasteiger partial charge in [0.25, 0.3) is 11.8 Å². The van der Waals surface area contributed by atoms with Crippen molar-refractivity contribution in [2.75, 3.05) is 24.3 Å². The monoisotopic (exact) mass is 405 g/mol. The SMILES string of the molecule is CN(C)C(=O)c1ccc(N[C@@H]2CC(=O)N(c3ccc(Cl)c(Cl)c3)C2=O)cc1. The molecule has 2 aromatic carbocycles. The highest BCUT2D eigenvalue weighted by Gasteiger charge is 2.39. The summed E-state index contributed by atoms with van der Waals surface area (Å²) in [4.78, 5) is 39.5. The summed E-state index contributed by atoms with van der Waals surface area (Å²) in [6.45, 7) is 0. The largest absolute Gasteiger partial charge is 0.373 e. The van der Waals surface area contributed by atoms with Gasteiger partial charge in [-0.3, -0.25) is 14.4 Å². The molecule has 1 heterocycles. The Morgan fingerprint density at radius 1 is 1.07 bits per heavy atom. The minimum Gasteiger partial charge on any atom is -0.373 e. The number of amides is 3. The molecule has 0 bridgehead atoms. The van der Waals surface area contributed by atoms with E-state index < -0.39 is 6.04 Å². The molecule has 1 aliphatic heterocycles. The molecule has 140 valence electrons. The van der Waals surface area contributed by atoms with Crippen molar-refractivity contribution in [2.45, 2.75) is 12.5 Å². The zero-order valence-corrected chi connectivity index (χ0v) is 16.2. The molecule has 0 unspecified atom stereocenters. The third-order valence-corrected chi connectivity index (χ3v) is 4.93. The smallest absolute Gasteiger partial charge is 0.256 e. The summed E-state index contributed by atoms with van der Waals surface area (Å²) < 4.78 is 0. The molecule has 3 amide bonds. The highest BCUT2D eigenvalue weighted by Crippen LogP contribution is 2.30. The number of carbonyl (C=O) groups excluding carboxylic acids is 3. The van der Waals surface area contributed by atoms with E-state index in [1.807, 2.05) is 0 Å². The molecule has 2 aromatic rings. The molecule has 1 fully saturated rings. The van der Waals surface area contributed by atoms with Crippen molar-refractivity contribution in [2.24, 2.45) is 0 Å². The Kier molecular flexibility index (Phi) is 5.39. The second kappa shape index (κ2) is 7.58. The van der Waals surface area contributed by atoms with Crippen molar-refractivity contribution in [3.63, 3.8) is 0 Å². The summed E-state index contributed by atoms with van der Waals surface area (Å²) in [5, 5.41) is 3.67. The predicted octanol–water partition coefficient (Wildman–Crippen LogP) is 3.44. The second-order valence-electron chi connectivity index (χ2n) is 6.34. The lowest BCUT2D eigenvalue weighted by Gasteiger charge is -2.17. The fourth-order valence-electron chi connectivity index (χ4n) is 2.81. The van der Waals surface area contributed by atoms with Gasteiger partial charge in [0.05, 0.1) is 22.2 Å². The fraction of sp³-hybridized carbons (Fsp3) is 0.211. The standard InChI is InChI=1S/C19H17Cl2N3O3/c1-23(2)18(26)11-3-5-12(6-4-11)22-16-10-17(25)24(19(16)27)13-7-8-14(20)15(21)9-13/h3-9,16,22H,10H2,1-2H3/t16-/m1/s1. The summed E-state index contributed by atoms with van der Waals surface area (Å²) >= 11 is 11.9. The van der Waals surface area contributed by atoms with Gasteiger partial charge in [0.2, 0.25) is 5.91 Å². The molecule has 0 aromatic heterocycles. The number of benzene rings is 2. The lowest BCUT2D eigenvalue weighted by molar-refractivity contribution is -0.121. The van der Waals surface area contributed by atoms with Crippen molar-refractivity contribution < 1.29 is 14.4 Å². The maximum Gasteiger partial charge on any atom is 0.256 e. The summed E-state index contributed by atoms with van der Waals surface area (Å²) in [5.41, 5.74) is 1.57. The normalized spacial score (nSPS) is 16.6. The van der Waals surface area contributed by atoms with Gasteiger partial charge in [-0.15, -0.1) is 0 Å². The fourth-order valence-corrected chi connectivity index (χ4v) is 3.10. The molecule has 1 aliphatic rings. The molecule has 0 aliphatic carbocycles. The number of hydrogen-bond donors (Lipinski definition) is 1. The van der Waals surface area contributed by atoms with Gasteiger partial charge in [0, 0.05) is 25.3 Å². The van der Waals surface area contributed by atoms with Crippen LogP contribution >= 0.6 is 23.2 Å². The van der Waals surface area contributed by atoms with E-state index in [-0.39, 0.29) is 29.2 Å². The number of nitrogens with zero attached hydrogens (tertiary/aromatic N) is 2. The highest BCUT2D eigenvalue weighted by molar-refractivity contribution is 6.42. The van der Waals surface area contributed by atoms with Crippen LogP contribution < -0.4 is 10.2 Å². The minimum atomic E-state index is -0.692. The molecular weight excluding hydrogens is 389 g/mol. The first-order valence-corrected chi connectivity index (χ1v) is 8.93. The van der Waals surface area contributed by atoms with Crippen molar-refractivity contribution in [3.05, 3.63) is 58.1 Å². The van der Waals surface area contributed by atoms with Crippen LogP contribution in [0.4, 0.5) is 11.4 Å². The number of rotatable bonds is 4. The number of hydrogen-bond acceptors (Lipinski definition) is 4. The lowest BCUT2D eigenvalue weighted by atomic mass is 10.1. The Morgan fingerprint density at radius 2 is 1.74 bits per heavy atom. The lowest BCUT2D eigenvalue weighted by Crippen LogP contribution is -2.34. The van der Waals surface area contributed by atoms with E-state index in [1.54, 1.807) is 50.5 Å². The van der Waals surface area contributed by atoms with Gasteiger partial charge in [-0.2, -0.15) is 0 Å². The van der Waals surface area contributed by atoms with E-state index in [4.69, 9.17) is 23.2 Å². The first-order valence-electron chi connectivity index (χ1n) is 8.18. The Morgan fingerprint density at radius 3 is 2.33 bits per heavy atom. The first-order chi connectivity index (χ1) is 12.8. The molecule has 0 spiro atoms. The Balaban J connectivity index is 1.75. The van der Waals surface area contributed by atoms with Crippen LogP contribution in [-0.4, -0.2) is 42.8 Å². The van der Waals surface area contributed by atoms with Crippen LogP contribution in [0.1, 0.15) is 16.8 Å². The Bertz CT molecular complexity index is 913. The maximum absolute atomic E-state index is 12.7. The van der Waals surface area contributed by atoms with Crippen LogP contribution in [0.5, 0.6) is 0 Å². The predicted molar refractivity (Wildman–Crippen MR) is 105 cm³/mol. The molecule has 27 heavy (non-hydrogen) atoms. The zero-order chi connectivity index (χ0) is 19.7. The molecule has 1 atom stereocenters. The molecule has 6 nitrogen and oxygen atoms in total. The van der Waals surface area contributed by atoms with Gasteiger partial charge in [-0.1, -0.05) is 23.2 Å². The highest BCUT2D eigenvalue weighted by atomic mass is 35.5. The van der Waals surface area contributed by atoms with E-state index >= 15 is 0 Å². The van der Waals surface area contributed by atoms with E-state index in [1.165, 1.54) is 11.0 Å². The van der Waals surface area contributed by atoms with Crippen molar-refractivity contribution in [3.8, 4) is 0 Å². The van der Waals surface area contributed by atoms with Gasteiger partial charge in [-0.25, -0.2) is 4.90 Å². The number of nitrogens with one attached hydrogen (secondary N) is 1. The van der Waals surface area contributed by atoms with Crippen LogP contribution in [-0.2, 0) is 9.59 Å². The van der Waals surface area contributed by atoms with Gasteiger partial charge >= 0.3 is 0 Å². The van der Waals surface area contributed by atoms with Crippen LogP contribution in [0.3, 0.4) is 0 Å². The first kappa shape index (κ1) is 19.2. The van der Waals surface area contributed by atoms with Gasteiger partial charge in [0.15, 0.2) is 0 Å². The van der Waals surface area contributed by atoms with E-state index in [0.29, 0.717) is 22.0 Å².